The Balaban J connectivity index is 1.85. The first-order valence-corrected chi connectivity index (χ1v) is 8.80. The van der Waals surface area contributed by atoms with Crippen LogP contribution in [0.5, 0.6) is 0 Å². The van der Waals surface area contributed by atoms with Crippen molar-refractivity contribution in [2.24, 2.45) is 0 Å². The Hall–Kier alpha value is -3.02. The van der Waals surface area contributed by atoms with E-state index in [0.29, 0.717) is 5.78 Å². The van der Waals surface area contributed by atoms with Crippen molar-refractivity contribution in [3.63, 3.8) is 0 Å². The molecule has 4 aromatic rings. The number of fused-ring (bicyclic) bond motifs is 4. The molecule has 130 valence electrons. The third kappa shape index (κ3) is 2.11. The summed E-state index contributed by atoms with van der Waals surface area (Å²) in [7, 11) is 0. The van der Waals surface area contributed by atoms with Gasteiger partial charge in [-0.15, -0.1) is 10.2 Å². The van der Waals surface area contributed by atoms with Gasteiger partial charge in [-0.25, -0.2) is 4.39 Å². The van der Waals surface area contributed by atoms with E-state index < -0.39 is 0 Å². The van der Waals surface area contributed by atoms with Crippen LogP contribution in [0.15, 0.2) is 36.4 Å². The number of halogens is 1. The Bertz CT molecular complexity index is 1160. The molecule has 0 amide bonds. The standard InChI is InChI=1S/C20H18FN5/c1-12-5-3-7-17-15(12)6-4-10-25(17)19-16-11-14(21)8-9-18(16)26-13(2)23-24-20(26)22-19/h3,5,7-9,11H,4,6,10H2,1-2H3. The number of aryl methyl sites for hydroxylation is 2. The first-order valence-electron chi connectivity index (χ1n) is 8.80. The van der Waals surface area contributed by atoms with Gasteiger partial charge in [0.05, 0.1) is 5.52 Å². The van der Waals surface area contributed by atoms with E-state index in [0.717, 1.165) is 47.6 Å². The van der Waals surface area contributed by atoms with Gasteiger partial charge in [0.1, 0.15) is 17.5 Å². The molecule has 3 heterocycles. The van der Waals surface area contributed by atoms with Gasteiger partial charge in [-0.1, -0.05) is 12.1 Å². The molecule has 0 atom stereocenters. The van der Waals surface area contributed by atoms with E-state index in [1.54, 1.807) is 12.1 Å². The zero-order valence-electron chi connectivity index (χ0n) is 14.7. The van der Waals surface area contributed by atoms with Crippen molar-refractivity contribution in [3.05, 3.63) is 59.2 Å². The second-order valence-electron chi connectivity index (χ2n) is 6.81. The van der Waals surface area contributed by atoms with Gasteiger partial charge >= 0.3 is 0 Å². The SMILES string of the molecule is Cc1cccc2c1CCCN2c1nc2nnc(C)n2c2ccc(F)cc12. The molecular weight excluding hydrogens is 329 g/mol. The molecule has 0 spiro atoms. The molecule has 1 aliphatic rings. The molecule has 0 unspecified atom stereocenters. The van der Waals surface area contributed by atoms with Gasteiger partial charge in [-0.2, -0.15) is 4.98 Å². The molecule has 0 radical (unpaired) electrons. The molecule has 0 N–H and O–H groups in total. The normalized spacial score (nSPS) is 14.2. The Morgan fingerprint density at radius 3 is 2.85 bits per heavy atom. The van der Waals surface area contributed by atoms with Gasteiger partial charge in [0.15, 0.2) is 0 Å². The van der Waals surface area contributed by atoms with Crippen molar-refractivity contribution < 1.29 is 4.39 Å². The van der Waals surface area contributed by atoms with Gasteiger partial charge in [-0.05, 0) is 62.1 Å². The Labute approximate surface area is 150 Å². The van der Waals surface area contributed by atoms with Crippen molar-refractivity contribution in [1.29, 1.82) is 0 Å². The average molecular weight is 347 g/mol. The van der Waals surface area contributed by atoms with E-state index in [1.165, 1.54) is 17.2 Å². The Morgan fingerprint density at radius 1 is 1.08 bits per heavy atom. The van der Waals surface area contributed by atoms with Crippen LogP contribution in [0, 0.1) is 19.7 Å². The van der Waals surface area contributed by atoms with Crippen molar-refractivity contribution in [2.75, 3.05) is 11.4 Å². The lowest BCUT2D eigenvalue weighted by atomic mass is 9.97. The van der Waals surface area contributed by atoms with E-state index in [-0.39, 0.29) is 5.82 Å². The summed E-state index contributed by atoms with van der Waals surface area (Å²) in [6.07, 6.45) is 2.09. The molecule has 1 aliphatic heterocycles. The molecule has 0 fully saturated rings. The van der Waals surface area contributed by atoms with Crippen LogP contribution in [-0.2, 0) is 6.42 Å². The number of nitrogens with zero attached hydrogens (tertiary/aromatic N) is 5. The maximum Gasteiger partial charge on any atom is 0.257 e. The van der Waals surface area contributed by atoms with Crippen LogP contribution in [0.25, 0.3) is 16.7 Å². The minimum atomic E-state index is -0.271. The maximum atomic E-state index is 14.1. The average Bonchev–Trinajstić information content (AvgIpc) is 3.02. The van der Waals surface area contributed by atoms with Crippen molar-refractivity contribution >= 4 is 28.2 Å². The number of hydrogen-bond donors (Lipinski definition) is 0. The monoisotopic (exact) mass is 347 g/mol. The molecular formula is C20H18FN5. The maximum absolute atomic E-state index is 14.1. The second kappa shape index (κ2) is 5.49. The van der Waals surface area contributed by atoms with Crippen LogP contribution in [0.3, 0.4) is 0 Å². The van der Waals surface area contributed by atoms with Crippen LogP contribution in [0.1, 0.15) is 23.4 Å². The van der Waals surface area contributed by atoms with Gasteiger partial charge in [0.2, 0.25) is 0 Å². The number of hydrogen-bond acceptors (Lipinski definition) is 4. The lowest BCUT2D eigenvalue weighted by Gasteiger charge is -2.32. The molecule has 6 heteroatoms. The van der Waals surface area contributed by atoms with Crippen LogP contribution >= 0.6 is 0 Å². The fourth-order valence-corrected chi connectivity index (χ4v) is 3.97. The van der Waals surface area contributed by atoms with Gasteiger partial charge < -0.3 is 4.90 Å². The predicted octanol–water partition coefficient (Wildman–Crippen LogP) is 4.12. The molecule has 0 saturated heterocycles. The summed E-state index contributed by atoms with van der Waals surface area (Å²) in [6, 6.07) is 11.1. The Kier molecular flexibility index (Phi) is 3.22. The summed E-state index contributed by atoms with van der Waals surface area (Å²) in [5.74, 6) is 1.75. The zero-order chi connectivity index (χ0) is 17.8. The molecule has 5 rings (SSSR count). The highest BCUT2D eigenvalue weighted by atomic mass is 19.1. The zero-order valence-corrected chi connectivity index (χ0v) is 14.7. The Morgan fingerprint density at radius 2 is 1.96 bits per heavy atom. The molecule has 26 heavy (non-hydrogen) atoms. The van der Waals surface area contributed by atoms with Crippen molar-refractivity contribution in [3.8, 4) is 0 Å². The summed E-state index contributed by atoms with van der Waals surface area (Å²) in [5, 5.41) is 9.13. The third-order valence-electron chi connectivity index (χ3n) is 5.19. The number of anilines is 2. The van der Waals surface area contributed by atoms with E-state index in [4.69, 9.17) is 4.98 Å². The summed E-state index contributed by atoms with van der Waals surface area (Å²) < 4.78 is 16.0. The summed E-state index contributed by atoms with van der Waals surface area (Å²) >= 11 is 0. The van der Waals surface area contributed by atoms with E-state index >= 15 is 0 Å². The van der Waals surface area contributed by atoms with E-state index in [2.05, 4.69) is 40.2 Å². The lowest BCUT2D eigenvalue weighted by molar-refractivity contribution is 0.629. The van der Waals surface area contributed by atoms with E-state index in [1.807, 2.05) is 11.3 Å². The number of aromatic nitrogens is 4. The highest BCUT2D eigenvalue weighted by Gasteiger charge is 2.24. The highest BCUT2D eigenvalue weighted by molar-refractivity contribution is 5.94. The minimum absolute atomic E-state index is 0.271. The fraction of sp³-hybridized carbons (Fsp3) is 0.250. The first kappa shape index (κ1) is 15.3. The third-order valence-corrected chi connectivity index (χ3v) is 5.19. The first-order chi connectivity index (χ1) is 12.6. The van der Waals surface area contributed by atoms with Crippen LogP contribution in [0.2, 0.25) is 0 Å². The molecule has 5 nitrogen and oxygen atoms in total. The highest BCUT2D eigenvalue weighted by Crippen LogP contribution is 2.37. The molecule has 2 aromatic heterocycles. The van der Waals surface area contributed by atoms with Crippen molar-refractivity contribution in [2.45, 2.75) is 26.7 Å². The smallest absolute Gasteiger partial charge is 0.257 e. The van der Waals surface area contributed by atoms with Crippen LogP contribution in [-0.4, -0.2) is 26.1 Å². The van der Waals surface area contributed by atoms with Gasteiger partial charge in [0, 0.05) is 17.6 Å². The predicted molar refractivity (Wildman–Crippen MR) is 99.5 cm³/mol. The molecule has 0 aliphatic carbocycles. The van der Waals surface area contributed by atoms with Crippen molar-refractivity contribution in [1.82, 2.24) is 19.6 Å². The number of benzene rings is 2. The molecule has 2 aromatic carbocycles. The molecule has 0 saturated carbocycles. The summed E-state index contributed by atoms with van der Waals surface area (Å²) in [5.41, 5.74) is 4.63. The second-order valence-corrected chi connectivity index (χ2v) is 6.81. The van der Waals surface area contributed by atoms with Gasteiger partial charge in [0.25, 0.3) is 5.78 Å². The summed E-state index contributed by atoms with van der Waals surface area (Å²) in [4.78, 5) is 6.96. The van der Waals surface area contributed by atoms with Crippen LogP contribution < -0.4 is 4.90 Å². The van der Waals surface area contributed by atoms with Gasteiger partial charge in [-0.3, -0.25) is 4.40 Å². The summed E-state index contributed by atoms with van der Waals surface area (Å²) in [6.45, 7) is 4.86. The quantitative estimate of drug-likeness (QED) is 0.520. The molecule has 0 bridgehead atoms. The van der Waals surface area contributed by atoms with E-state index in [9.17, 15) is 4.39 Å². The van der Waals surface area contributed by atoms with Crippen LogP contribution in [0.4, 0.5) is 15.9 Å². The fourth-order valence-electron chi connectivity index (χ4n) is 3.97. The number of rotatable bonds is 1. The lowest BCUT2D eigenvalue weighted by Crippen LogP contribution is -2.26. The topological polar surface area (TPSA) is 46.3 Å². The largest absolute Gasteiger partial charge is 0.325 e. The minimum Gasteiger partial charge on any atom is -0.325 e.